The van der Waals surface area contributed by atoms with Crippen LogP contribution in [-0.4, -0.2) is 12.4 Å². The molecule has 0 heterocycles. The number of carbonyl (C=O) groups excluding carboxylic acids is 2. The Balaban J connectivity index is 1.96. The number of aryl methyl sites for hydroxylation is 1. The van der Waals surface area contributed by atoms with Gasteiger partial charge in [-0.2, -0.15) is 0 Å². The van der Waals surface area contributed by atoms with Crippen LogP contribution in [0, 0.1) is 6.92 Å². The van der Waals surface area contributed by atoms with E-state index in [4.69, 9.17) is 4.74 Å². The zero-order valence-corrected chi connectivity index (χ0v) is 11.1. The van der Waals surface area contributed by atoms with Crippen LogP contribution in [-0.2, 0) is 11.3 Å². The third-order valence-electron chi connectivity index (χ3n) is 2.78. The van der Waals surface area contributed by atoms with E-state index < -0.39 is 6.09 Å². The molecule has 1 N–H and O–H groups in total. The number of hydrogen-bond donors (Lipinski definition) is 1. The molecule has 4 nitrogen and oxygen atoms in total. The molecule has 0 aromatic heterocycles. The molecule has 0 spiro atoms. The van der Waals surface area contributed by atoms with Crippen molar-refractivity contribution in [3.8, 4) is 0 Å². The van der Waals surface area contributed by atoms with E-state index in [9.17, 15) is 9.59 Å². The molecule has 20 heavy (non-hydrogen) atoms. The fraction of sp³-hybridized carbons (Fsp3) is 0.125. The van der Waals surface area contributed by atoms with Gasteiger partial charge in [-0.15, -0.1) is 0 Å². The molecule has 0 unspecified atom stereocenters. The average molecular weight is 269 g/mol. The lowest BCUT2D eigenvalue weighted by molar-refractivity contribution is 0.112. The number of ether oxygens (including phenoxy) is 1. The fourth-order valence-corrected chi connectivity index (χ4v) is 1.76. The SMILES string of the molecule is Cc1ccc(NC(=O)OCc2ccccc2)c(C=O)c1. The standard InChI is InChI=1S/C16H15NO3/c1-12-7-8-15(14(9-12)10-18)17-16(19)20-11-13-5-3-2-4-6-13/h2-10H,11H2,1H3,(H,17,19). The summed E-state index contributed by atoms with van der Waals surface area (Å²) in [6, 6.07) is 14.6. The van der Waals surface area contributed by atoms with Gasteiger partial charge in [-0.25, -0.2) is 4.79 Å². The maximum Gasteiger partial charge on any atom is 0.411 e. The van der Waals surface area contributed by atoms with Crippen LogP contribution in [0.2, 0.25) is 0 Å². The summed E-state index contributed by atoms with van der Waals surface area (Å²) in [6.07, 6.45) is 0.126. The van der Waals surface area contributed by atoms with Crippen molar-refractivity contribution in [1.82, 2.24) is 0 Å². The molecule has 102 valence electrons. The lowest BCUT2D eigenvalue weighted by atomic mass is 10.1. The van der Waals surface area contributed by atoms with Crippen molar-refractivity contribution in [2.45, 2.75) is 13.5 Å². The first-order valence-electron chi connectivity index (χ1n) is 6.22. The molecule has 2 rings (SSSR count). The first-order chi connectivity index (χ1) is 9.69. The van der Waals surface area contributed by atoms with Gasteiger partial charge in [0.15, 0.2) is 6.29 Å². The molecule has 0 fully saturated rings. The molecule has 0 bridgehead atoms. The first-order valence-corrected chi connectivity index (χ1v) is 6.22. The fourth-order valence-electron chi connectivity index (χ4n) is 1.76. The Labute approximate surface area is 117 Å². The summed E-state index contributed by atoms with van der Waals surface area (Å²) in [5.74, 6) is 0. The van der Waals surface area contributed by atoms with Gasteiger partial charge in [0.2, 0.25) is 0 Å². The van der Waals surface area contributed by atoms with E-state index in [1.54, 1.807) is 12.1 Å². The number of amides is 1. The Bertz CT molecular complexity index is 608. The molecule has 0 aliphatic rings. The van der Waals surface area contributed by atoms with Gasteiger partial charge >= 0.3 is 6.09 Å². The highest BCUT2D eigenvalue weighted by atomic mass is 16.5. The van der Waals surface area contributed by atoms with Crippen LogP contribution < -0.4 is 5.32 Å². The highest BCUT2D eigenvalue weighted by Gasteiger charge is 2.07. The molecule has 1 amide bonds. The molecule has 0 aliphatic heterocycles. The van der Waals surface area contributed by atoms with Crippen LogP contribution in [0.4, 0.5) is 10.5 Å². The van der Waals surface area contributed by atoms with Gasteiger partial charge in [0, 0.05) is 5.56 Å². The zero-order chi connectivity index (χ0) is 14.4. The quantitative estimate of drug-likeness (QED) is 0.863. The Hall–Kier alpha value is -2.62. The highest BCUT2D eigenvalue weighted by Crippen LogP contribution is 2.15. The molecule has 0 radical (unpaired) electrons. The zero-order valence-electron chi connectivity index (χ0n) is 11.1. The summed E-state index contributed by atoms with van der Waals surface area (Å²) in [6.45, 7) is 2.07. The number of anilines is 1. The van der Waals surface area contributed by atoms with Gasteiger partial charge in [0.25, 0.3) is 0 Å². The van der Waals surface area contributed by atoms with Crippen molar-refractivity contribution in [2.75, 3.05) is 5.32 Å². The van der Waals surface area contributed by atoms with Gasteiger partial charge < -0.3 is 4.74 Å². The van der Waals surface area contributed by atoms with Crippen LogP contribution in [0.15, 0.2) is 48.5 Å². The number of carbonyl (C=O) groups is 2. The van der Waals surface area contributed by atoms with Crippen LogP contribution in [0.3, 0.4) is 0 Å². The van der Waals surface area contributed by atoms with Crippen molar-refractivity contribution in [1.29, 1.82) is 0 Å². The van der Waals surface area contributed by atoms with Crippen LogP contribution in [0.5, 0.6) is 0 Å². The molecule has 0 atom stereocenters. The predicted molar refractivity (Wildman–Crippen MR) is 76.8 cm³/mol. The first kappa shape index (κ1) is 13.8. The third-order valence-corrected chi connectivity index (χ3v) is 2.78. The van der Waals surface area contributed by atoms with Crippen molar-refractivity contribution in [3.05, 3.63) is 65.2 Å². The summed E-state index contributed by atoms with van der Waals surface area (Å²) in [7, 11) is 0. The number of nitrogens with one attached hydrogen (secondary N) is 1. The summed E-state index contributed by atoms with van der Waals surface area (Å²) in [4.78, 5) is 22.6. The van der Waals surface area contributed by atoms with E-state index in [1.807, 2.05) is 43.3 Å². The maximum atomic E-state index is 11.7. The number of benzene rings is 2. The second kappa shape index (κ2) is 6.52. The Morgan fingerprint density at radius 1 is 1.20 bits per heavy atom. The topological polar surface area (TPSA) is 55.4 Å². The molecule has 4 heteroatoms. The number of aldehydes is 1. The van der Waals surface area contributed by atoms with E-state index in [1.165, 1.54) is 0 Å². The third kappa shape index (κ3) is 3.68. The number of hydrogen-bond acceptors (Lipinski definition) is 3. The summed E-state index contributed by atoms with van der Waals surface area (Å²) >= 11 is 0. The van der Waals surface area contributed by atoms with Gasteiger partial charge in [0.05, 0.1) is 5.69 Å². The largest absolute Gasteiger partial charge is 0.444 e. The van der Waals surface area contributed by atoms with Crippen molar-refractivity contribution in [2.24, 2.45) is 0 Å². The minimum Gasteiger partial charge on any atom is -0.444 e. The van der Waals surface area contributed by atoms with Crippen molar-refractivity contribution in [3.63, 3.8) is 0 Å². The molecule has 0 saturated carbocycles. The minimum atomic E-state index is -0.583. The second-order valence-corrected chi connectivity index (χ2v) is 4.40. The van der Waals surface area contributed by atoms with E-state index in [2.05, 4.69) is 5.32 Å². The average Bonchev–Trinajstić information content (AvgIpc) is 2.48. The molecular formula is C16H15NO3. The minimum absolute atomic E-state index is 0.189. The normalized spacial score (nSPS) is 9.85. The van der Waals surface area contributed by atoms with Crippen LogP contribution in [0.1, 0.15) is 21.5 Å². The van der Waals surface area contributed by atoms with Gasteiger partial charge in [-0.1, -0.05) is 42.0 Å². The van der Waals surface area contributed by atoms with Gasteiger partial charge in [-0.3, -0.25) is 10.1 Å². The Kier molecular flexibility index (Phi) is 4.50. The summed E-state index contributed by atoms with van der Waals surface area (Å²) in [5, 5.41) is 2.57. The highest BCUT2D eigenvalue weighted by molar-refractivity contribution is 5.93. The van der Waals surface area contributed by atoms with E-state index in [-0.39, 0.29) is 6.61 Å². The second-order valence-electron chi connectivity index (χ2n) is 4.40. The van der Waals surface area contributed by atoms with Gasteiger partial charge in [0.1, 0.15) is 6.61 Å². The molecular weight excluding hydrogens is 254 g/mol. The molecule has 0 saturated heterocycles. The summed E-state index contributed by atoms with van der Waals surface area (Å²) < 4.78 is 5.10. The molecule has 2 aromatic carbocycles. The Morgan fingerprint density at radius 2 is 1.95 bits per heavy atom. The van der Waals surface area contributed by atoms with Crippen LogP contribution >= 0.6 is 0 Å². The van der Waals surface area contributed by atoms with Crippen LogP contribution in [0.25, 0.3) is 0 Å². The maximum absolute atomic E-state index is 11.7. The monoisotopic (exact) mass is 269 g/mol. The Morgan fingerprint density at radius 3 is 2.65 bits per heavy atom. The summed E-state index contributed by atoms with van der Waals surface area (Å²) in [5.41, 5.74) is 2.74. The lowest BCUT2D eigenvalue weighted by Crippen LogP contribution is -2.14. The molecule has 0 aliphatic carbocycles. The smallest absolute Gasteiger partial charge is 0.411 e. The number of rotatable bonds is 4. The van der Waals surface area contributed by atoms with Crippen molar-refractivity contribution >= 4 is 18.1 Å². The predicted octanol–water partition coefficient (Wildman–Crippen LogP) is 3.56. The van der Waals surface area contributed by atoms with E-state index in [0.29, 0.717) is 17.5 Å². The van der Waals surface area contributed by atoms with Crippen molar-refractivity contribution < 1.29 is 14.3 Å². The van der Waals surface area contributed by atoms with Gasteiger partial charge in [-0.05, 0) is 24.6 Å². The van der Waals surface area contributed by atoms with E-state index >= 15 is 0 Å². The van der Waals surface area contributed by atoms with E-state index in [0.717, 1.165) is 11.1 Å². The molecule has 2 aromatic rings. The lowest BCUT2D eigenvalue weighted by Gasteiger charge is -2.09.